The van der Waals surface area contributed by atoms with Gasteiger partial charge in [-0.15, -0.1) is 11.3 Å². The summed E-state index contributed by atoms with van der Waals surface area (Å²) in [5, 5.41) is 1.51. The number of carbonyl (C=O) groups excluding carboxylic acids is 1. The van der Waals surface area contributed by atoms with E-state index in [9.17, 15) is 13.2 Å². The Labute approximate surface area is 125 Å². The molecule has 0 saturated carbocycles. The van der Waals surface area contributed by atoms with Gasteiger partial charge in [-0.05, 0) is 35.7 Å². The number of hydrazine groups is 1. The first kappa shape index (κ1) is 15.3. The zero-order valence-corrected chi connectivity index (χ0v) is 12.6. The fraction of sp³-hybridized carbons (Fsp3) is 0.0833. The van der Waals surface area contributed by atoms with Gasteiger partial charge in [0.2, 0.25) is 0 Å². The van der Waals surface area contributed by atoms with Crippen molar-refractivity contribution in [3.8, 4) is 5.75 Å². The standard InChI is InChI=1S/C12H13N3O4S2/c1-19-9-4-2-8(3-5-9)15-21(17,18)10-6-7-20-11(10)12(16)14-13/h2-7,15H,13H2,1H3,(H,14,16). The maximum absolute atomic E-state index is 12.3. The van der Waals surface area contributed by atoms with Crippen LogP contribution in [0.1, 0.15) is 9.67 Å². The average Bonchev–Trinajstić information content (AvgIpc) is 2.97. The molecule has 1 aromatic heterocycles. The lowest BCUT2D eigenvalue weighted by atomic mass is 10.3. The zero-order chi connectivity index (χ0) is 15.5. The molecule has 112 valence electrons. The summed E-state index contributed by atoms with van der Waals surface area (Å²) in [6.45, 7) is 0. The maximum Gasteiger partial charge on any atom is 0.276 e. The van der Waals surface area contributed by atoms with Crippen LogP contribution in [-0.4, -0.2) is 21.4 Å². The van der Waals surface area contributed by atoms with Gasteiger partial charge in [-0.2, -0.15) is 0 Å². The van der Waals surface area contributed by atoms with Crippen LogP contribution in [0.3, 0.4) is 0 Å². The normalized spacial score (nSPS) is 11.0. The molecule has 7 nitrogen and oxygen atoms in total. The van der Waals surface area contributed by atoms with Crippen molar-refractivity contribution in [3.63, 3.8) is 0 Å². The van der Waals surface area contributed by atoms with Crippen molar-refractivity contribution in [2.24, 2.45) is 5.84 Å². The minimum Gasteiger partial charge on any atom is -0.497 e. The molecule has 0 atom stereocenters. The lowest BCUT2D eigenvalue weighted by molar-refractivity contribution is 0.0955. The molecule has 0 fully saturated rings. The molecule has 1 aromatic carbocycles. The molecule has 1 amide bonds. The van der Waals surface area contributed by atoms with E-state index in [1.54, 1.807) is 24.3 Å². The quantitative estimate of drug-likeness (QED) is 0.433. The van der Waals surface area contributed by atoms with E-state index in [1.807, 2.05) is 5.43 Å². The summed E-state index contributed by atoms with van der Waals surface area (Å²) >= 11 is 0.995. The van der Waals surface area contributed by atoms with Gasteiger partial charge in [0.05, 0.1) is 7.11 Å². The SMILES string of the molecule is COc1ccc(NS(=O)(=O)c2ccsc2C(=O)NN)cc1. The topological polar surface area (TPSA) is 111 Å². The van der Waals surface area contributed by atoms with Gasteiger partial charge >= 0.3 is 0 Å². The molecule has 0 aliphatic heterocycles. The molecule has 0 aliphatic rings. The smallest absolute Gasteiger partial charge is 0.276 e. The van der Waals surface area contributed by atoms with E-state index in [4.69, 9.17) is 10.6 Å². The van der Waals surface area contributed by atoms with Crippen molar-refractivity contribution < 1.29 is 17.9 Å². The first-order valence-corrected chi connectivity index (χ1v) is 8.09. The Kier molecular flexibility index (Phi) is 4.46. The summed E-state index contributed by atoms with van der Waals surface area (Å²) in [5.74, 6) is 4.99. The third-order valence-corrected chi connectivity index (χ3v) is 5.06. The Morgan fingerprint density at radius 3 is 2.48 bits per heavy atom. The number of benzene rings is 1. The summed E-state index contributed by atoms with van der Waals surface area (Å²) in [7, 11) is -2.36. The second-order valence-corrected chi connectivity index (χ2v) is 6.49. The van der Waals surface area contributed by atoms with Gasteiger partial charge in [-0.1, -0.05) is 0 Å². The number of hydrogen-bond donors (Lipinski definition) is 3. The first-order valence-electron chi connectivity index (χ1n) is 5.73. The highest BCUT2D eigenvalue weighted by atomic mass is 32.2. The van der Waals surface area contributed by atoms with Crippen molar-refractivity contribution in [3.05, 3.63) is 40.6 Å². The number of ether oxygens (including phenoxy) is 1. The fourth-order valence-corrected chi connectivity index (χ4v) is 4.00. The Morgan fingerprint density at radius 2 is 1.90 bits per heavy atom. The van der Waals surface area contributed by atoms with E-state index >= 15 is 0 Å². The van der Waals surface area contributed by atoms with Crippen molar-refractivity contribution in [1.29, 1.82) is 0 Å². The number of carbonyl (C=O) groups is 1. The number of nitrogen functional groups attached to an aromatic ring is 1. The highest BCUT2D eigenvalue weighted by Gasteiger charge is 2.23. The number of sulfonamides is 1. The summed E-state index contributed by atoms with van der Waals surface area (Å²) in [5.41, 5.74) is 2.28. The van der Waals surface area contributed by atoms with Crippen LogP contribution < -0.4 is 20.7 Å². The van der Waals surface area contributed by atoms with E-state index in [0.717, 1.165) is 11.3 Å². The number of methoxy groups -OCH3 is 1. The van der Waals surface area contributed by atoms with E-state index < -0.39 is 15.9 Å². The van der Waals surface area contributed by atoms with Crippen LogP contribution in [0.15, 0.2) is 40.6 Å². The zero-order valence-electron chi connectivity index (χ0n) is 11.0. The summed E-state index contributed by atoms with van der Waals surface area (Å²) in [6.07, 6.45) is 0. The number of hydrogen-bond acceptors (Lipinski definition) is 6. The predicted octanol–water partition coefficient (Wildman–Crippen LogP) is 1.16. The van der Waals surface area contributed by atoms with Gasteiger partial charge in [-0.3, -0.25) is 14.9 Å². The van der Waals surface area contributed by atoms with Gasteiger partial charge in [-0.25, -0.2) is 14.3 Å². The summed E-state index contributed by atoms with van der Waals surface area (Å²) in [6, 6.07) is 7.72. The van der Waals surface area contributed by atoms with Crippen LogP contribution in [0.25, 0.3) is 0 Å². The molecule has 2 rings (SSSR count). The molecule has 0 bridgehead atoms. The van der Waals surface area contributed by atoms with Gasteiger partial charge < -0.3 is 4.74 Å². The molecule has 0 spiro atoms. The molecule has 9 heteroatoms. The third kappa shape index (κ3) is 3.32. The molecule has 2 aromatic rings. The molecule has 21 heavy (non-hydrogen) atoms. The number of nitrogens with two attached hydrogens (primary N) is 1. The fourth-order valence-electron chi connectivity index (χ4n) is 1.61. The average molecular weight is 327 g/mol. The van der Waals surface area contributed by atoms with Crippen LogP contribution in [0.2, 0.25) is 0 Å². The van der Waals surface area contributed by atoms with Crippen LogP contribution in [-0.2, 0) is 10.0 Å². The first-order chi connectivity index (χ1) is 9.97. The van der Waals surface area contributed by atoms with Crippen molar-refractivity contribution in [1.82, 2.24) is 5.43 Å². The molecular weight excluding hydrogens is 314 g/mol. The number of nitrogens with one attached hydrogen (secondary N) is 2. The van der Waals surface area contributed by atoms with E-state index in [-0.39, 0.29) is 9.77 Å². The second kappa shape index (κ2) is 6.12. The Balaban J connectivity index is 2.30. The summed E-state index contributed by atoms with van der Waals surface area (Å²) in [4.78, 5) is 11.5. The molecule has 0 radical (unpaired) electrons. The lowest BCUT2D eigenvalue weighted by Crippen LogP contribution is -2.30. The van der Waals surface area contributed by atoms with Gasteiger partial charge in [0.1, 0.15) is 15.5 Å². The van der Waals surface area contributed by atoms with Crippen molar-refractivity contribution in [2.75, 3.05) is 11.8 Å². The van der Waals surface area contributed by atoms with E-state index in [1.165, 1.54) is 18.6 Å². The molecule has 0 saturated heterocycles. The highest BCUT2D eigenvalue weighted by molar-refractivity contribution is 7.93. The highest BCUT2D eigenvalue weighted by Crippen LogP contribution is 2.25. The van der Waals surface area contributed by atoms with Crippen LogP contribution >= 0.6 is 11.3 Å². The van der Waals surface area contributed by atoms with Crippen LogP contribution in [0.5, 0.6) is 5.75 Å². The van der Waals surface area contributed by atoms with Crippen molar-refractivity contribution in [2.45, 2.75) is 4.90 Å². The molecule has 4 N–H and O–H groups in total. The molecule has 0 aliphatic carbocycles. The van der Waals surface area contributed by atoms with Crippen molar-refractivity contribution >= 4 is 33.0 Å². The monoisotopic (exact) mass is 327 g/mol. The minimum atomic E-state index is -3.87. The van der Waals surface area contributed by atoms with Gasteiger partial charge in [0.25, 0.3) is 15.9 Å². The molecule has 0 unspecified atom stereocenters. The van der Waals surface area contributed by atoms with E-state index in [0.29, 0.717) is 11.4 Å². The van der Waals surface area contributed by atoms with Crippen LogP contribution in [0, 0.1) is 0 Å². The Hall–Kier alpha value is -2.10. The maximum atomic E-state index is 12.3. The number of rotatable bonds is 5. The number of amides is 1. The number of thiophene rings is 1. The number of anilines is 1. The molecular formula is C12H13N3O4S2. The largest absolute Gasteiger partial charge is 0.497 e. The van der Waals surface area contributed by atoms with E-state index in [2.05, 4.69) is 4.72 Å². The van der Waals surface area contributed by atoms with Gasteiger partial charge in [0, 0.05) is 5.69 Å². The summed E-state index contributed by atoms with van der Waals surface area (Å²) < 4.78 is 32.0. The predicted molar refractivity (Wildman–Crippen MR) is 79.8 cm³/mol. The molecule has 1 heterocycles. The van der Waals surface area contributed by atoms with Crippen LogP contribution in [0.4, 0.5) is 5.69 Å². The lowest BCUT2D eigenvalue weighted by Gasteiger charge is -2.09. The van der Waals surface area contributed by atoms with Gasteiger partial charge in [0.15, 0.2) is 0 Å². The Bertz CT molecular complexity index is 738. The Morgan fingerprint density at radius 1 is 1.24 bits per heavy atom. The minimum absolute atomic E-state index is 0.0264. The second-order valence-electron chi connectivity index (χ2n) is 3.92. The third-order valence-electron chi connectivity index (χ3n) is 2.60.